The third-order valence-electron chi connectivity index (χ3n) is 7.90. The van der Waals surface area contributed by atoms with Gasteiger partial charge in [-0.3, -0.25) is 9.69 Å². The zero-order chi connectivity index (χ0) is 24.3. The Morgan fingerprint density at radius 2 is 1.79 bits per heavy atom. The number of carbonyl (C=O) groups excluding carboxylic acids is 2. The highest BCUT2D eigenvalue weighted by molar-refractivity contribution is 6.20. The monoisotopic (exact) mass is 478 g/mol. The van der Waals surface area contributed by atoms with Gasteiger partial charge in [-0.2, -0.15) is 0 Å². The Labute approximate surface area is 204 Å². The number of alkyl halides is 1. The number of rotatable bonds is 6. The van der Waals surface area contributed by atoms with Crippen molar-refractivity contribution >= 4 is 23.6 Å². The molecule has 0 aromatic carbocycles. The zero-order valence-electron chi connectivity index (χ0n) is 20.7. The van der Waals surface area contributed by atoms with Crippen LogP contribution >= 0.6 is 11.6 Å². The summed E-state index contributed by atoms with van der Waals surface area (Å²) in [6.07, 6.45) is 13.2. The standard InChI is InChI=1S/C26H39ClN2O4/c1-7-32-26(31)28(6)15-33-22-14-29(16(2)3)25(30)24(22)23-17(4)12-20(13-18(23)5)19-8-10-21(27)11-9-19/h1,16-21,23H,8-15H2,2-6H3. The minimum atomic E-state index is -0.654. The van der Waals surface area contributed by atoms with Gasteiger partial charge in [0.15, 0.2) is 6.73 Å². The van der Waals surface area contributed by atoms with Crippen molar-refractivity contribution in [2.45, 2.75) is 77.6 Å². The van der Waals surface area contributed by atoms with Crippen molar-refractivity contribution in [3.8, 4) is 12.5 Å². The van der Waals surface area contributed by atoms with Gasteiger partial charge in [0.05, 0.1) is 12.1 Å². The van der Waals surface area contributed by atoms with Crippen LogP contribution in [0, 0.1) is 42.1 Å². The summed E-state index contributed by atoms with van der Waals surface area (Å²) < 4.78 is 10.6. The highest BCUT2D eigenvalue weighted by Crippen LogP contribution is 2.49. The lowest BCUT2D eigenvalue weighted by molar-refractivity contribution is -0.128. The van der Waals surface area contributed by atoms with Gasteiger partial charge in [-0.25, -0.2) is 4.79 Å². The van der Waals surface area contributed by atoms with E-state index in [-0.39, 0.29) is 24.6 Å². The van der Waals surface area contributed by atoms with Gasteiger partial charge in [-0.15, -0.1) is 11.6 Å². The molecule has 0 aromatic heterocycles. The number of halogens is 1. The minimum Gasteiger partial charge on any atom is -0.475 e. The lowest BCUT2D eigenvalue weighted by Crippen LogP contribution is -2.39. The molecule has 0 radical (unpaired) electrons. The Hall–Kier alpha value is -1.87. The van der Waals surface area contributed by atoms with Gasteiger partial charge in [0.25, 0.3) is 5.91 Å². The molecule has 3 aliphatic rings. The smallest absolute Gasteiger partial charge is 0.426 e. The summed E-state index contributed by atoms with van der Waals surface area (Å²) in [7, 11) is 1.56. The van der Waals surface area contributed by atoms with Crippen LogP contribution in [0.5, 0.6) is 0 Å². The molecule has 0 saturated heterocycles. The highest BCUT2D eigenvalue weighted by Gasteiger charge is 2.45. The predicted octanol–water partition coefficient (Wildman–Crippen LogP) is 5.22. The van der Waals surface area contributed by atoms with Crippen molar-refractivity contribution < 1.29 is 19.1 Å². The maximum atomic E-state index is 13.5. The van der Waals surface area contributed by atoms with Gasteiger partial charge in [0.2, 0.25) is 0 Å². The van der Waals surface area contributed by atoms with Crippen LogP contribution in [0.15, 0.2) is 11.3 Å². The Balaban J connectivity index is 1.77. The third kappa shape index (κ3) is 5.80. The normalized spacial score (nSPS) is 32.7. The number of ether oxygens (including phenoxy) is 2. The second-order valence-electron chi connectivity index (χ2n) is 10.5. The van der Waals surface area contributed by atoms with E-state index in [1.807, 2.05) is 24.9 Å². The van der Waals surface area contributed by atoms with E-state index in [2.05, 4.69) is 18.6 Å². The van der Waals surface area contributed by atoms with Gasteiger partial charge in [0, 0.05) is 18.5 Å². The van der Waals surface area contributed by atoms with Crippen LogP contribution in [0.3, 0.4) is 0 Å². The summed E-state index contributed by atoms with van der Waals surface area (Å²) >= 11 is 6.34. The third-order valence-corrected chi connectivity index (χ3v) is 8.33. The molecule has 2 amide bonds. The van der Waals surface area contributed by atoms with Crippen molar-refractivity contribution in [3.63, 3.8) is 0 Å². The lowest BCUT2D eigenvalue weighted by atomic mass is 9.61. The largest absolute Gasteiger partial charge is 0.475 e. The summed E-state index contributed by atoms with van der Waals surface area (Å²) in [4.78, 5) is 28.5. The van der Waals surface area contributed by atoms with E-state index in [0.717, 1.165) is 37.2 Å². The molecule has 2 atom stereocenters. The van der Waals surface area contributed by atoms with Crippen LogP contribution in [-0.2, 0) is 14.3 Å². The Bertz CT molecular complexity index is 785. The van der Waals surface area contributed by atoms with E-state index in [9.17, 15) is 9.59 Å². The molecule has 0 N–H and O–H groups in total. The molecule has 6 nitrogen and oxygen atoms in total. The lowest BCUT2D eigenvalue weighted by Gasteiger charge is -2.44. The first kappa shape index (κ1) is 25.7. The van der Waals surface area contributed by atoms with E-state index in [1.54, 1.807) is 7.05 Å². The number of nitrogens with zero attached hydrogens (tertiary/aromatic N) is 2. The van der Waals surface area contributed by atoms with E-state index >= 15 is 0 Å². The van der Waals surface area contributed by atoms with Crippen molar-refractivity contribution in [3.05, 3.63) is 11.3 Å². The fourth-order valence-electron chi connectivity index (χ4n) is 6.22. The van der Waals surface area contributed by atoms with Gasteiger partial charge >= 0.3 is 6.09 Å². The van der Waals surface area contributed by atoms with Crippen molar-refractivity contribution in [1.29, 1.82) is 0 Å². The van der Waals surface area contributed by atoms with E-state index in [0.29, 0.717) is 35.4 Å². The predicted molar refractivity (Wildman–Crippen MR) is 129 cm³/mol. The second kappa shape index (κ2) is 11.0. The van der Waals surface area contributed by atoms with Crippen LogP contribution < -0.4 is 0 Å². The first-order valence-electron chi connectivity index (χ1n) is 12.3. The molecule has 0 spiro atoms. The van der Waals surface area contributed by atoms with Crippen molar-refractivity contribution in [2.75, 3.05) is 20.3 Å². The summed E-state index contributed by atoms with van der Waals surface area (Å²) in [5.41, 5.74) is 0.797. The summed E-state index contributed by atoms with van der Waals surface area (Å²) in [5.74, 6) is 3.13. The van der Waals surface area contributed by atoms with Crippen LogP contribution in [0.2, 0.25) is 0 Å². The van der Waals surface area contributed by atoms with E-state index < -0.39 is 6.09 Å². The van der Waals surface area contributed by atoms with Crippen molar-refractivity contribution in [2.24, 2.45) is 29.6 Å². The molecule has 33 heavy (non-hydrogen) atoms. The molecule has 1 aliphatic heterocycles. The molecule has 0 bridgehead atoms. The van der Waals surface area contributed by atoms with Crippen LogP contribution in [0.1, 0.15) is 66.2 Å². The topological polar surface area (TPSA) is 59.1 Å². The summed E-state index contributed by atoms with van der Waals surface area (Å²) in [6, 6.07) is 0.0745. The first-order valence-corrected chi connectivity index (χ1v) is 12.8. The Kier molecular flexibility index (Phi) is 8.61. The molecule has 3 rings (SSSR count). The molecular weight excluding hydrogens is 440 g/mol. The molecule has 2 unspecified atom stereocenters. The highest BCUT2D eigenvalue weighted by atomic mass is 35.5. The fourth-order valence-corrected chi connectivity index (χ4v) is 6.47. The average Bonchev–Trinajstić information content (AvgIpc) is 3.08. The van der Waals surface area contributed by atoms with Gasteiger partial charge in [-0.05, 0) is 82.0 Å². The molecule has 2 saturated carbocycles. The van der Waals surface area contributed by atoms with E-state index in [4.69, 9.17) is 22.8 Å². The molecule has 7 heteroatoms. The molecule has 2 fully saturated rings. The minimum absolute atomic E-state index is 0.0155. The fraction of sp³-hybridized carbons (Fsp3) is 0.769. The quantitative estimate of drug-likeness (QED) is 0.298. The molecule has 1 heterocycles. The summed E-state index contributed by atoms with van der Waals surface area (Å²) in [5, 5.41) is 0.339. The average molecular weight is 479 g/mol. The summed E-state index contributed by atoms with van der Waals surface area (Å²) in [6.45, 7) is 9.03. The van der Waals surface area contributed by atoms with Crippen LogP contribution in [0.4, 0.5) is 4.79 Å². The Morgan fingerprint density at radius 1 is 1.18 bits per heavy atom. The van der Waals surface area contributed by atoms with Crippen LogP contribution in [0.25, 0.3) is 0 Å². The maximum absolute atomic E-state index is 13.5. The van der Waals surface area contributed by atoms with E-state index in [1.165, 1.54) is 17.7 Å². The maximum Gasteiger partial charge on any atom is 0.426 e. The molecular formula is C26H39ClN2O4. The number of hydrogen-bond acceptors (Lipinski definition) is 4. The number of hydrogen-bond donors (Lipinski definition) is 0. The van der Waals surface area contributed by atoms with Crippen LogP contribution in [-0.4, -0.2) is 53.5 Å². The molecule has 2 aliphatic carbocycles. The molecule has 0 aromatic rings. The Morgan fingerprint density at radius 3 is 2.33 bits per heavy atom. The number of terminal acetylenes is 1. The zero-order valence-corrected chi connectivity index (χ0v) is 21.4. The number of carbonyl (C=O) groups is 2. The SMILES string of the molecule is C#COC(=O)N(C)COC1=C(C2C(C)CC(C3CCC(Cl)CC3)CC2C)C(=O)N(C(C)C)C1. The van der Waals surface area contributed by atoms with Gasteiger partial charge in [-0.1, -0.05) is 20.3 Å². The number of amides is 2. The van der Waals surface area contributed by atoms with Crippen molar-refractivity contribution in [1.82, 2.24) is 9.80 Å². The van der Waals surface area contributed by atoms with Gasteiger partial charge in [0.1, 0.15) is 11.9 Å². The first-order chi connectivity index (χ1) is 15.6. The van der Waals surface area contributed by atoms with Gasteiger partial charge < -0.3 is 14.4 Å². The molecule has 184 valence electrons. The second-order valence-corrected chi connectivity index (χ2v) is 11.2.